The van der Waals surface area contributed by atoms with Crippen LogP contribution >= 0.6 is 0 Å². The van der Waals surface area contributed by atoms with Gasteiger partial charge in [0.1, 0.15) is 7.85 Å². The fourth-order valence-electron chi connectivity index (χ4n) is 2.68. The van der Waals surface area contributed by atoms with Crippen LogP contribution in [0.2, 0.25) is 0 Å². The number of ether oxygens (including phenoxy) is 1. The summed E-state index contributed by atoms with van der Waals surface area (Å²) >= 11 is 0. The highest BCUT2D eigenvalue weighted by Crippen LogP contribution is 2.38. The van der Waals surface area contributed by atoms with Gasteiger partial charge in [-0.25, -0.2) is 0 Å². The van der Waals surface area contributed by atoms with Crippen LogP contribution in [-0.2, 0) is 4.74 Å². The Labute approximate surface area is 90.0 Å². The molecule has 0 spiro atoms. The van der Waals surface area contributed by atoms with Gasteiger partial charge >= 0.3 is 0 Å². The molecule has 1 saturated heterocycles. The predicted molar refractivity (Wildman–Crippen MR) is 61.4 cm³/mol. The number of hydrogen-bond acceptors (Lipinski definition) is 1. The quantitative estimate of drug-likeness (QED) is 0.627. The summed E-state index contributed by atoms with van der Waals surface area (Å²) in [6, 6.07) is -0.0475. The molecule has 0 saturated carbocycles. The standard InChI is InChI=1S/C12H23BO/c1-7(2)6-10-9(5)11(8(3)4)12(13)14-10/h7-12H,6H2,1-5H3. The maximum Gasteiger partial charge on any atom is 0.109 e. The molecule has 2 radical (unpaired) electrons. The van der Waals surface area contributed by atoms with E-state index in [4.69, 9.17) is 12.6 Å². The Balaban J connectivity index is 2.59. The Morgan fingerprint density at radius 2 is 1.79 bits per heavy atom. The zero-order valence-corrected chi connectivity index (χ0v) is 10.2. The van der Waals surface area contributed by atoms with E-state index in [0.717, 1.165) is 6.42 Å². The van der Waals surface area contributed by atoms with E-state index in [2.05, 4.69) is 34.6 Å². The van der Waals surface area contributed by atoms with Crippen molar-refractivity contribution in [3.8, 4) is 0 Å². The Morgan fingerprint density at radius 1 is 1.21 bits per heavy atom. The van der Waals surface area contributed by atoms with E-state index in [-0.39, 0.29) is 6.00 Å². The van der Waals surface area contributed by atoms with Crippen LogP contribution in [0.3, 0.4) is 0 Å². The lowest BCUT2D eigenvalue weighted by Gasteiger charge is -2.23. The topological polar surface area (TPSA) is 9.23 Å². The number of rotatable bonds is 3. The molecule has 0 aromatic rings. The summed E-state index contributed by atoms with van der Waals surface area (Å²) in [6.07, 6.45) is 1.51. The third-order valence-corrected chi connectivity index (χ3v) is 3.38. The summed E-state index contributed by atoms with van der Waals surface area (Å²) in [5.74, 6) is 2.45. The highest BCUT2D eigenvalue weighted by Gasteiger charge is 2.40. The molecule has 1 rings (SSSR count). The normalized spacial score (nSPS) is 38.5. The van der Waals surface area contributed by atoms with Gasteiger partial charge in [-0.2, -0.15) is 0 Å². The molecule has 4 unspecified atom stereocenters. The lowest BCUT2D eigenvalue weighted by molar-refractivity contribution is 0.0559. The molecule has 2 heteroatoms. The maximum absolute atomic E-state index is 6.01. The monoisotopic (exact) mass is 194 g/mol. The van der Waals surface area contributed by atoms with Gasteiger partial charge in [0, 0.05) is 6.00 Å². The van der Waals surface area contributed by atoms with Crippen molar-refractivity contribution in [3.63, 3.8) is 0 Å². The van der Waals surface area contributed by atoms with Crippen LogP contribution in [0.4, 0.5) is 0 Å². The van der Waals surface area contributed by atoms with Crippen molar-refractivity contribution in [2.45, 2.75) is 53.1 Å². The van der Waals surface area contributed by atoms with E-state index in [9.17, 15) is 0 Å². The second kappa shape index (κ2) is 4.70. The van der Waals surface area contributed by atoms with E-state index in [0.29, 0.717) is 29.8 Å². The molecule has 1 aliphatic heterocycles. The van der Waals surface area contributed by atoms with Crippen LogP contribution in [0.25, 0.3) is 0 Å². The van der Waals surface area contributed by atoms with Crippen LogP contribution in [0, 0.1) is 23.7 Å². The minimum absolute atomic E-state index is 0.0475. The Bertz CT molecular complexity index is 179. The summed E-state index contributed by atoms with van der Waals surface area (Å²) in [7, 11) is 6.01. The molecule has 0 amide bonds. The molecule has 80 valence electrons. The third-order valence-electron chi connectivity index (χ3n) is 3.38. The average molecular weight is 194 g/mol. The lowest BCUT2D eigenvalue weighted by Crippen LogP contribution is -2.25. The molecular weight excluding hydrogens is 171 g/mol. The molecule has 0 aromatic carbocycles. The minimum Gasteiger partial charge on any atom is -0.384 e. The molecule has 4 atom stereocenters. The fraction of sp³-hybridized carbons (Fsp3) is 1.00. The van der Waals surface area contributed by atoms with E-state index in [1.54, 1.807) is 0 Å². The smallest absolute Gasteiger partial charge is 0.109 e. The predicted octanol–water partition coefficient (Wildman–Crippen LogP) is 2.83. The summed E-state index contributed by atoms with van der Waals surface area (Å²) in [5.41, 5.74) is 0. The lowest BCUT2D eigenvalue weighted by atomic mass is 9.73. The largest absolute Gasteiger partial charge is 0.384 e. The summed E-state index contributed by atoms with van der Waals surface area (Å²) in [4.78, 5) is 0. The van der Waals surface area contributed by atoms with Crippen molar-refractivity contribution in [3.05, 3.63) is 0 Å². The molecule has 1 fully saturated rings. The zero-order chi connectivity index (χ0) is 10.9. The molecule has 0 bridgehead atoms. The molecule has 0 aliphatic carbocycles. The molecule has 14 heavy (non-hydrogen) atoms. The van der Waals surface area contributed by atoms with Gasteiger partial charge in [0.15, 0.2) is 0 Å². The van der Waals surface area contributed by atoms with Crippen molar-refractivity contribution >= 4 is 7.85 Å². The van der Waals surface area contributed by atoms with Gasteiger partial charge in [-0.15, -0.1) is 0 Å². The molecular formula is C12H23BO. The molecule has 1 heterocycles. The summed E-state index contributed by atoms with van der Waals surface area (Å²) < 4.78 is 5.84. The highest BCUT2D eigenvalue weighted by molar-refractivity contribution is 6.11. The van der Waals surface area contributed by atoms with Gasteiger partial charge in [0.2, 0.25) is 0 Å². The van der Waals surface area contributed by atoms with Crippen molar-refractivity contribution in [1.29, 1.82) is 0 Å². The van der Waals surface area contributed by atoms with E-state index in [1.807, 2.05) is 0 Å². The number of hydrogen-bond donors (Lipinski definition) is 0. The summed E-state index contributed by atoms with van der Waals surface area (Å²) in [6.45, 7) is 11.2. The second-order valence-electron chi connectivity index (χ2n) is 5.45. The highest BCUT2D eigenvalue weighted by atomic mass is 16.5. The van der Waals surface area contributed by atoms with Crippen molar-refractivity contribution in [1.82, 2.24) is 0 Å². The average Bonchev–Trinajstić information content (AvgIpc) is 2.25. The first-order valence-corrected chi connectivity index (χ1v) is 5.84. The Morgan fingerprint density at radius 3 is 2.14 bits per heavy atom. The minimum atomic E-state index is -0.0475. The van der Waals surface area contributed by atoms with Crippen LogP contribution < -0.4 is 0 Å². The van der Waals surface area contributed by atoms with Crippen molar-refractivity contribution in [2.24, 2.45) is 23.7 Å². The SMILES string of the molecule is [B]C1OC(CC(C)C)C(C)C1C(C)C. The maximum atomic E-state index is 6.01. The van der Waals surface area contributed by atoms with Crippen LogP contribution in [0.15, 0.2) is 0 Å². The first kappa shape index (κ1) is 12.1. The van der Waals surface area contributed by atoms with E-state index < -0.39 is 0 Å². The summed E-state index contributed by atoms with van der Waals surface area (Å²) in [5, 5.41) is 0. The first-order chi connectivity index (χ1) is 6.43. The Kier molecular flexibility index (Phi) is 4.06. The van der Waals surface area contributed by atoms with Gasteiger partial charge in [-0.3, -0.25) is 0 Å². The molecule has 0 N–H and O–H groups in total. The molecule has 1 aliphatic rings. The molecule has 1 nitrogen and oxygen atoms in total. The fourth-order valence-corrected chi connectivity index (χ4v) is 2.68. The van der Waals surface area contributed by atoms with E-state index in [1.165, 1.54) is 0 Å². The van der Waals surface area contributed by atoms with Crippen LogP contribution in [-0.4, -0.2) is 20.0 Å². The molecule has 0 aromatic heterocycles. The van der Waals surface area contributed by atoms with Gasteiger partial charge in [0.05, 0.1) is 6.10 Å². The van der Waals surface area contributed by atoms with Crippen molar-refractivity contribution in [2.75, 3.05) is 0 Å². The van der Waals surface area contributed by atoms with E-state index >= 15 is 0 Å². The van der Waals surface area contributed by atoms with Crippen molar-refractivity contribution < 1.29 is 4.74 Å². The zero-order valence-electron chi connectivity index (χ0n) is 10.2. The third kappa shape index (κ3) is 2.53. The van der Waals surface area contributed by atoms with Crippen LogP contribution in [0.5, 0.6) is 0 Å². The Hall–Kier alpha value is 0.0249. The van der Waals surface area contributed by atoms with Gasteiger partial charge in [0.25, 0.3) is 0 Å². The van der Waals surface area contributed by atoms with Gasteiger partial charge < -0.3 is 4.74 Å². The van der Waals surface area contributed by atoms with Gasteiger partial charge in [-0.1, -0.05) is 34.6 Å². The first-order valence-electron chi connectivity index (χ1n) is 5.84. The van der Waals surface area contributed by atoms with Crippen LogP contribution in [0.1, 0.15) is 41.0 Å². The second-order valence-corrected chi connectivity index (χ2v) is 5.45. The van der Waals surface area contributed by atoms with Gasteiger partial charge in [-0.05, 0) is 30.1 Å².